The lowest BCUT2D eigenvalue weighted by Gasteiger charge is -2.44. The molecule has 63 heavy (non-hydrogen) atoms. The van der Waals surface area contributed by atoms with Crippen molar-refractivity contribution < 1.29 is 76.5 Å². The van der Waals surface area contributed by atoms with Gasteiger partial charge in [0, 0.05) is 6.61 Å². The van der Waals surface area contributed by atoms with E-state index in [4.69, 9.17) is 76.5 Å². The van der Waals surface area contributed by atoms with E-state index in [1.165, 1.54) is 0 Å². The van der Waals surface area contributed by atoms with Gasteiger partial charge in [-0.3, -0.25) is 0 Å². The molecule has 17 nitrogen and oxygen atoms in total. The van der Waals surface area contributed by atoms with Crippen molar-refractivity contribution in [3.8, 4) is 0 Å². The maximum absolute atomic E-state index is 8.62. The Labute approximate surface area is 392 Å². The number of aliphatic hydroxyl groups excluding tert-OH is 1. The summed E-state index contributed by atoms with van der Waals surface area (Å²) in [6, 6.07) is 0.969. The van der Waals surface area contributed by atoms with Gasteiger partial charge in [-0.15, -0.1) is 0 Å². The molecule has 0 aliphatic rings. The monoisotopic (exact) mass is 1050 g/mol. The van der Waals surface area contributed by atoms with Crippen LogP contribution in [0.2, 0.25) is 117 Å². The highest BCUT2D eigenvalue weighted by molar-refractivity contribution is 6.92. The van der Waals surface area contributed by atoms with Gasteiger partial charge in [-0.2, -0.15) is 0 Å². The molecule has 0 atom stereocenters. The average Bonchev–Trinajstić information content (AvgIpc) is 3.06. The number of rotatable bonds is 44. The van der Waals surface area contributed by atoms with Gasteiger partial charge in [-0.25, -0.2) is 0 Å². The minimum atomic E-state index is -2.64. The van der Waals surface area contributed by atoms with Crippen LogP contribution in [0.15, 0.2) is 0 Å². The zero-order chi connectivity index (χ0) is 48.2. The second-order valence-electron chi connectivity index (χ2n) is 19.3. The fourth-order valence-electron chi connectivity index (χ4n) is 7.06. The van der Waals surface area contributed by atoms with Crippen LogP contribution in [0.25, 0.3) is 0 Å². The summed E-state index contributed by atoms with van der Waals surface area (Å²) >= 11 is 0. The molecule has 0 aromatic carbocycles. The number of hydrogen-bond acceptors (Lipinski definition) is 17. The topological polar surface area (TPSA) is 168 Å². The second-order valence-corrected chi connectivity index (χ2v) is 50.1. The first-order valence-corrected chi connectivity index (χ1v) is 46.1. The number of ether oxygens (including phenoxy) is 9. The minimum Gasteiger partial charge on any atom is -0.437 e. The van der Waals surface area contributed by atoms with E-state index >= 15 is 0 Å². The quantitative estimate of drug-likeness (QED) is 0.0495. The van der Waals surface area contributed by atoms with E-state index in [1.54, 1.807) is 0 Å². The van der Waals surface area contributed by atoms with E-state index in [0.717, 1.165) is 12.5 Å². The van der Waals surface area contributed by atoms with Crippen molar-refractivity contribution in [2.75, 3.05) is 126 Å². The third kappa shape index (κ3) is 41.7. The van der Waals surface area contributed by atoms with E-state index in [9.17, 15) is 0 Å². The zero-order valence-corrected chi connectivity index (χ0v) is 50.8. The molecular formula is C38H94O17Si8. The van der Waals surface area contributed by atoms with Crippen LogP contribution in [0.5, 0.6) is 0 Å². The lowest BCUT2D eigenvalue weighted by atomic mass is 10.5. The van der Waals surface area contributed by atoms with Crippen LogP contribution in [0, 0.1) is 0 Å². The zero-order valence-electron chi connectivity index (χ0n) is 42.8. The SMILES string of the molecule is C[Si](C)(C)O[Si](C)(C)O[Si](C)(C)O[Si](C)(C)O[Si](C)(C)O[Si](C)(C)O[Si](C)(C)O[Si](C)(C)CCCOCCOCCOCCOCCOCCOCCOCCOCCOCCO. The second kappa shape index (κ2) is 32.8. The van der Waals surface area contributed by atoms with Crippen molar-refractivity contribution in [3.05, 3.63) is 0 Å². The molecule has 0 amide bonds. The van der Waals surface area contributed by atoms with E-state index in [0.29, 0.717) is 119 Å². The molecule has 380 valence electrons. The third-order valence-corrected chi connectivity index (χ3v) is 37.6. The molecule has 0 aromatic heterocycles. The summed E-state index contributed by atoms with van der Waals surface area (Å²) in [4.78, 5) is 0. The summed E-state index contributed by atoms with van der Waals surface area (Å²) in [7, 11) is -19.1. The Hall–Kier alpha value is 1.06. The normalized spacial score (nSPS) is 14.0. The van der Waals surface area contributed by atoms with E-state index in [1.807, 2.05) is 0 Å². The molecule has 0 aliphatic carbocycles. The van der Waals surface area contributed by atoms with Gasteiger partial charge in [-0.1, -0.05) is 0 Å². The highest BCUT2D eigenvalue weighted by Crippen LogP contribution is 2.30. The van der Waals surface area contributed by atoms with Gasteiger partial charge in [0.2, 0.25) is 0 Å². The van der Waals surface area contributed by atoms with Gasteiger partial charge < -0.3 is 76.5 Å². The summed E-state index contributed by atoms with van der Waals surface area (Å²) in [5.41, 5.74) is 0. The van der Waals surface area contributed by atoms with Crippen molar-refractivity contribution in [3.63, 3.8) is 0 Å². The van der Waals surface area contributed by atoms with Crippen LogP contribution >= 0.6 is 0 Å². The summed E-state index contributed by atoms with van der Waals surface area (Å²) in [6.07, 6.45) is 0.919. The van der Waals surface area contributed by atoms with Crippen molar-refractivity contribution in [2.45, 2.75) is 124 Å². The van der Waals surface area contributed by atoms with Crippen molar-refractivity contribution in [2.24, 2.45) is 0 Å². The maximum atomic E-state index is 8.62. The molecule has 0 heterocycles. The van der Waals surface area contributed by atoms with Gasteiger partial charge in [-0.05, 0) is 124 Å². The molecule has 0 spiro atoms. The maximum Gasteiger partial charge on any atom is 0.314 e. The number of aliphatic hydroxyl groups is 1. The minimum absolute atomic E-state index is 0.0217. The van der Waals surface area contributed by atoms with Crippen molar-refractivity contribution in [1.29, 1.82) is 0 Å². The van der Waals surface area contributed by atoms with Crippen LogP contribution < -0.4 is 0 Å². The van der Waals surface area contributed by atoms with Gasteiger partial charge in [0.1, 0.15) is 0 Å². The molecular weight excluding hydrogens is 953 g/mol. The van der Waals surface area contributed by atoms with Crippen molar-refractivity contribution in [1.82, 2.24) is 0 Å². The predicted molar refractivity (Wildman–Crippen MR) is 267 cm³/mol. The molecule has 0 bridgehead atoms. The summed E-state index contributed by atoms with van der Waals surface area (Å²) in [6.45, 7) is 45.2. The molecule has 0 saturated carbocycles. The number of hydrogen-bond donors (Lipinski definition) is 1. The van der Waals surface area contributed by atoms with E-state index in [-0.39, 0.29) is 6.61 Å². The lowest BCUT2D eigenvalue weighted by Crippen LogP contribution is -2.61. The summed E-state index contributed by atoms with van der Waals surface area (Å²) in [5, 5.41) is 8.62. The Bertz CT molecular complexity index is 1140. The largest absolute Gasteiger partial charge is 0.437 e. The Morgan fingerprint density at radius 3 is 0.698 bits per heavy atom. The fourth-order valence-corrected chi connectivity index (χ4v) is 46.6. The Morgan fingerprint density at radius 2 is 0.460 bits per heavy atom. The first-order valence-electron chi connectivity index (χ1n) is 22.7. The first kappa shape index (κ1) is 64.1. The highest BCUT2D eigenvalue weighted by Gasteiger charge is 2.49. The van der Waals surface area contributed by atoms with Gasteiger partial charge in [0.15, 0.2) is 16.6 Å². The van der Waals surface area contributed by atoms with E-state index < -0.39 is 68.0 Å². The van der Waals surface area contributed by atoms with Crippen LogP contribution in [-0.2, 0) is 71.4 Å². The van der Waals surface area contributed by atoms with E-state index in [2.05, 4.69) is 111 Å². The van der Waals surface area contributed by atoms with Gasteiger partial charge in [0.05, 0.1) is 119 Å². The Kier molecular flexibility index (Phi) is 33.3. The van der Waals surface area contributed by atoms with Gasteiger partial charge >= 0.3 is 51.4 Å². The fraction of sp³-hybridized carbons (Fsp3) is 1.00. The highest BCUT2D eigenvalue weighted by atomic mass is 28.5. The molecule has 0 radical (unpaired) electrons. The van der Waals surface area contributed by atoms with Crippen LogP contribution in [-0.4, -0.2) is 199 Å². The molecule has 0 unspecified atom stereocenters. The molecule has 1 N–H and O–H groups in total. The van der Waals surface area contributed by atoms with Gasteiger partial charge in [0.25, 0.3) is 0 Å². The third-order valence-electron chi connectivity index (χ3n) is 7.81. The molecule has 0 aliphatic heterocycles. The smallest absolute Gasteiger partial charge is 0.314 e. The van der Waals surface area contributed by atoms with Crippen LogP contribution in [0.4, 0.5) is 0 Å². The summed E-state index contributed by atoms with van der Waals surface area (Å²) < 4.78 is 96.4. The van der Waals surface area contributed by atoms with Crippen LogP contribution in [0.1, 0.15) is 6.42 Å². The summed E-state index contributed by atoms with van der Waals surface area (Å²) in [5.74, 6) is 0. The molecule has 0 rings (SSSR count). The predicted octanol–water partition coefficient (Wildman–Crippen LogP) is 6.89. The molecule has 0 fully saturated rings. The lowest BCUT2D eigenvalue weighted by molar-refractivity contribution is -0.0255. The Morgan fingerprint density at radius 1 is 0.254 bits per heavy atom. The Balaban J connectivity index is 4.07. The first-order chi connectivity index (χ1) is 29.0. The molecule has 0 saturated heterocycles. The van der Waals surface area contributed by atoms with Crippen LogP contribution in [0.3, 0.4) is 0 Å². The average molecular weight is 1050 g/mol. The standard InChI is InChI=1S/C38H94O17Si8/c1-56(2,3)49-58(6,7)51-60(10,11)53-62(14,15)55-63(16,17)54-61(12,13)52-59(8,9)50-57(4,5)38-18-20-40-22-24-42-26-28-44-30-32-46-34-36-48-37-35-47-33-31-45-29-27-43-25-23-41-21-19-39/h39H,18-38H2,1-17H3. The molecule has 25 heteroatoms. The van der Waals surface area contributed by atoms with Crippen molar-refractivity contribution >= 4 is 68.0 Å². The molecule has 0 aromatic rings.